The Morgan fingerprint density at radius 2 is 1.45 bits per heavy atom. The Hall–Kier alpha value is -2.29. The molecule has 2 aromatic carbocycles. The van der Waals surface area contributed by atoms with Crippen molar-refractivity contribution in [2.75, 3.05) is 6.61 Å². The second-order valence-corrected chi connectivity index (χ2v) is 7.51. The highest BCUT2D eigenvalue weighted by molar-refractivity contribution is 5.64. The lowest BCUT2D eigenvalue weighted by atomic mass is 10.0. The van der Waals surface area contributed by atoms with Gasteiger partial charge in [0.25, 0.3) is 0 Å². The molecule has 0 aliphatic carbocycles. The van der Waals surface area contributed by atoms with Gasteiger partial charge in [0.05, 0.1) is 6.61 Å². The summed E-state index contributed by atoms with van der Waals surface area (Å²) >= 11 is 0. The molecule has 0 heterocycles. The standard InChI is InChI=1S/C26H36O3/c1-3-23-19-15-20-25(24(23)4-2)29-26(27)28-21-14-9-7-5-6-8-11-16-22-17-12-10-13-18-22/h10,12-13,15,17-20H,3-9,11,14,16,21H2,1-2H3. The molecule has 0 bridgehead atoms. The molecule has 2 aromatic rings. The lowest BCUT2D eigenvalue weighted by molar-refractivity contribution is 0.0969. The van der Waals surface area contributed by atoms with Crippen molar-refractivity contribution in [3.05, 3.63) is 65.2 Å². The van der Waals surface area contributed by atoms with Crippen LogP contribution in [0.25, 0.3) is 0 Å². The first-order valence-corrected chi connectivity index (χ1v) is 11.2. The average Bonchev–Trinajstić information content (AvgIpc) is 2.75. The molecule has 0 aliphatic heterocycles. The summed E-state index contributed by atoms with van der Waals surface area (Å²) in [5.41, 5.74) is 3.75. The second-order valence-electron chi connectivity index (χ2n) is 7.51. The topological polar surface area (TPSA) is 35.5 Å². The fourth-order valence-corrected chi connectivity index (χ4v) is 3.67. The van der Waals surface area contributed by atoms with E-state index in [9.17, 15) is 4.79 Å². The van der Waals surface area contributed by atoms with Gasteiger partial charge >= 0.3 is 6.16 Å². The molecular formula is C26H36O3. The quantitative estimate of drug-likeness (QED) is 0.202. The number of ether oxygens (including phenoxy) is 2. The van der Waals surface area contributed by atoms with E-state index in [1.807, 2.05) is 12.1 Å². The molecule has 0 saturated heterocycles. The molecule has 0 aliphatic rings. The van der Waals surface area contributed by atoms with Crippen LogP contribution in [0.1, 0.15) is 75.5 Å². The van der Waals surface area contributed by atoms with Crippen molar-refractivity contribution in [3.8, 4) is 5.75 Å². The number of unbranched alkanes of at least 4 members (excludes halogenated alkanes) is 6. The highest BCUT2D eigenvalue weighted by atomic mass is 16.7. The molecule has 158 valence electrons. The molecule has 0 fully saturated rings. The summed E-state index contributed by atoms with van der Waals surface area (Å²) in [7, 11) is 0. The molecule has 0 saturated carbocycles. The second kappa shape index (κ2) is 13.8. The van der Waals surface area contributed by atoms with Crippen LogP contribution in [0.5, 0.6) is 5.75 Å². The van der Waals surface area contributed by atoms with Crippen LogP contribution in [-0.4, -0.2) is 12.8 Å². The fourth-order valence-electron chi connectivity index (χ4n) is 3.67. The van der Waals surface area contributed by atoms with Crippen molar-refractivity contribution < 1.29 is 14.3 Å². The zero-order chi connectivity index (χ0) is 20.7. The van der Waals surface area contributed by atoms with Crippen molar-refractivity contribution in [2.24, 2.45) is 0 Å². The highest BCUT2D eigenvalue weighted by Gasteiger charge is 2.11. The summed E-state index contributed by atoms with van der Waals surface area (Å²) in [6, 6.07) is 16.6. The van der Waals surface area contributed by atoms with Crippen LogP contribution in [-0.2, 0) is 24.0 Å². The molecule has 0 radical (unpaired) electrons. The summed E-state index contributed by atoms with van der Waals surface area (Å²) in [5, 5.41) is 0. The van der Waals surface area contributed by atoms with Gasteiger partial charge in [-0.15, -0.1) is 0 Å². The van der Waals surface area contributed by atoms with E-state index >= 15 is 0 Å². The molecule has 0 atom stereocenters. The largest absolute Gasteiger partial charge is 0.513 e. The molecule has 0 unspecified atom stereocenters. The molecule has 3 heteroatoms. The molecular weight excluding hydrogens is 360 g/mol. The summed E-state index contributed by atoms with van der Waals surface area (Å²) in [4.78, 5) is 12.0. The van der Waals surface area contributed by atoms with E-state index in [2.05, 4.69) is 50.2 Å². The maximum atomic E-state index is 12.0. The highest BCUT2D eigenvalue weighted by Crippen LogP contribution is 2.24. The van der Waals surface area contributed by atoms with Gasteiger partial charge in [0, 0.05) is 0 Å². The van der Waals surface area contributed by atoms with Gasteiger partial charge in [-0.25, -0.2) is 4.79 Å². The van der Waals surface area contributed by atoms with Gasteiger partial charge in [0.2, 0.25) is 0 Å². The number of carbonyl (C=O) groups is 1. The number of hydrogen-bond donors (Lipinski definition) is 0. The molecule has 29 heavy (non-hydrogen) atoms. The SMILES string of the molecule is CCc1cccc(OC(=O)OCCCCCCCCCc2ccccc2)c1CC. The predicted octanol–water partition coefficient (Wildman–Crippen LogP) is 7.30. The zero-order valence-corrected chi connectivity index (χ0v) is 18.1. The van der Waals surface area contributed by atoms with Gasteiger partial charge in [-0.2, -0.15) is 0 Å². The summed E-state index contributed by atoms with van der Waals surface area (Å²) in [6.07, 6.45) is 10.6. The average molecular weight is 397 g/mol. The van der Waals surface area contributed by atoms with Crippen LogP contribution >= 0.6 is 0 Å². The van der Waals surface area contributed by atoms with Crippen molar-refractivity contribution in [3.63, 3.8) is 0 Å². The molecule has 0 amide bonds. The maximum absolute atomic E-state index is 12.0. The van der Waals surface area contributed by atoms with E-state index in [4.69, 9.17) is 9.47 Å². The lowest BCUT2D eigenvalue weighted by Crippen LogP contribution is -2.13. The van der Waals surface area contributed by atoms with Gasteiger partial charge in [0.1, 0.15) is 5.75 Å². The molecule has 2 rings (SSSR count). The first kappa shape index (κ1) is 23.0. The monoisotopic (exact) mass is 396 g/mol. The smallest absolute Gasteiger partial charge is 0.434 e. The van der Waals surface area contributed by atoms with Gasteiger partial charge in [-0.1, -0.05) is 88.4 Å². The zero-order valence-electron chi connectivity index (χ0n) is 18.1. The summed E-state index contributed by atoms with van der Waals surface area (Å²) in [5.74, 6) is 0.632. The maximum Gasteiger partial charge on any atom is 0.513 e. The third-order valence-corrected chi connectivity index (χ3v) is 5.33. The molecule has 0 aromatic heterocycles. The number of rotatable bonds is 13. The first-order valence-electron chi connectivity index (χ1n) is 11.2. The minimum atomic E-state index is -0.589. The van der Waals surface area contributed by atoms with Crippen LogP contribution in [0, 0.1) is 0 Å². The van der Waals surface area contributed by atoms with Crippen LogP contribution < -0.4 is 4.74 Å². The number of carbonyl (C=O) groups excluding carboxylic acids is 1. The van der Waals surface area contributed by atoms with Gasteiger partial charge in [-0.3, -0.25) is 0 Å². The van der Waals surface area contributed by atoms with Crippen molar-refractivity contribution in [2.45, 2.75) is 78.1 Å². The number of aryl methyl sites for hydroxylation is 2. The summed E-state index contributed by atoms with van der Waals surface area (Å²) in [6.45, 7) is 4.62. The molecule has 0 spiro atoms. The van der Waals surface area contributed by atoms with E-state index in [-0.39, 0.29) is 0 Å². The van der Waals surface area contributed by atoms with Crippen LogP contribution in [0.4, 0.5) is 4.79 Å². The van der Waals surface area contributed by atoms with Crippen molar-refractivity contribution in [1.29, 1.82) is 0 Å². The Bertz CT molecular complexity index is 709. The van der Waals surface area contributed by atoms with Crippen LogP contribution in [0.3, 0.4) is 0 Å². The van der Waals surface area contributed by atoms with E-state index in [0.29, 0.717) is 12.4 Å². The van der Waals surface area contributed by atoms with E-state index in [0.717, 1.165) is 31.2 Å². The molecule has 0 N–H and O–H groups in total. The van der Waals surface area contributed by atoms with Gasteiger partial charge in [-0.05, 0) is 54.9 Å². The molecule has 3 nitrogen and oxygen atoms in total. The number of benzene rings is 2. The first-order chi connectivity index (χ1) is 14.2. The number of hydrogen-bond acceptors (Lipinski definition) is 3. The Morgan fingerprint density at radius 3 is 2.14 bits per heavy atom. The third-order valence-electron chi connectivity index (χ3n) is 5.33. The van der Waals surface area contributed by atoms with Gasteiger partial charge < -0.3 is 9.47 Å². The van der Waals surface area contributed by atoms with E-state index in [1.165, 1.54) is 49.7 Å². The Morgan fingerprint density at radius 1 is 0.759 bits per heavy atom. The Balaban J connectivity index is 1.50. The lowest BCUT2D eigenvalue weighted by Gasteiger charge is -2.12. The van der Waals surface area contributed by atoms with E-state index < -0.39 is 6.16 Å². The minimum absolute atomic E-state index is 0.432. The van der Waals surface area contributed by atoms with Gasteiger partial charge in [0.15, 0.2) is 0 Å². The third kappa shape index (κ3) is 8.72. The normalized spacial score (nSPS) is 10.7. The Kier molecular flexibility index (Phi) is 11.0. The van der Waals surface area contributed by atoms with E-state index in [1.54, 1.807) is 0 Å². The Labute approximate surface area is 176 Å². The van der Waals surface area contributed by atoms with Crippen molar-refractivity contribution >= 4 is 6.16 Å². The van der Waals surface area contributed by atoms with Crippen LogP contribution in [0.15, 0.2) is 48.5 Å². The fraction of sp³-hybridized carbons (Fsp3) is 0.500. The summed E-state index contributed by atoms with van der Waals surface area (Å²) < 4.78 is 10.7. The predicted molar refractivity (Wildman–Crippen MR) is 120 cm³/mol. The van der Waals surface area contributed by atoms with Crippen molar-refractivity contribution in [1.82, 2.24) is 0 Å². The van der Waals surface area contributed by atoms with Crippen LogP contribution in [0.2, 0.25) is 0 Å². The minimum Gasteiger partial charge on any atom is -0.434 e.